The van der Waals surface area contributed by atoms with Gasteiger partial charge >= 0.3 is 0 Å². The number of aldehydes is 1. The van der Waals surface area contributed by atoms with Crippen LogP contribution in [0.4, 0.5) is 0 Å². The third kappa shape index (κ3) is 4.53. The molecule has 29 heavy (non-hydrogen) atoms. The lowest BCUT2D eigenvalue weighted by Gasteiger charge is -2.09. The molecule has 3 aromatic rings. The average molecular weight is 414 g/mol. The predicted octanol–water partition coefficient (Wildman–Crippen LogP) is 4.75. The zero-order valence-corrected chi connectivity index (χ0v) is 17.7. The van der Waals surface area contributed by atoms with Crippen LogP contribution in [0.2, 0.25) is 0 Å². The number of rotatable bonds is 10. The van der Waals surface area contributed by atoms with Crippen molar-refractivity contribution in [1.82, 2.24) is 3.97 Å². The molecule has 5 nitrogen and oxygen atoms in total. The molecule has 0 radical (unpaired) electrons. The largest absolute Gasteiger partial charge is 0.494 e. The molecule has 0 fully saturated rings. The first-order chi connectivity index (χ1) is 14.0. The van der Waals surface area contributed by atoms with Crippen molar-refractivity contribution in [2.24, 2.45) is 0 Å². The highest BCUT2D eigenvalue weighted by molar-refractivity contribution is 7.90. The van der Waals surface area contributed by atoms with Crippen LogP contribution in [0, 0.1) is 0 Å². The van der Waals surface area contributed by atoms with Crippen LogP contribution >= 0.6 is 0 Å². The molecule has 6 heteroatoms. The van der Waals surface area contributed by atoms with Gasteiger partial charge in [0.25, 0.3) is 10.0 Å². The molecule has 2 aromatic carbocycles. The maximum atomic E-state index is 13.3. The maximum Gasteiger partial charge on any atom is 0.268 e. The number of aryl methyl sites for hydroxylation is 2. The first-order valence-corrected chi connectivity index (χ1v) is 11.5. The Morgan fingerprint density at radius 2 is 1.79 bits per heavy atom. The third-order valence-corrected chi connectivity index (χ3v) is 6.65. The van der Waals surface area contributed by atoms with Gasteiger partial charge in [0.15, 0.2) is 0 Å². The number of carbonyl (C=O) groups is 1. The van der Waals surface area contributed by atoms with E-state index in [0.29, 0.717) is 30.7 Å². The molecule has 0 N–H and O–H groups in total. The van der Waals surface area contributed by atoms with Crippen LogP contribution < -0.4 is 4.74 Å². The van der Waals surface area contributed by atoms with Crippen LogP contribution in [-0.4, -0.2) is 25.3 Å². The lowest BCUT2D eigenvalue weighted by Crippen LogP contribution is -2.12. The van der Waals surface area contributed by atoms with E-state index in [1.54, 1.807) is 30.5 Å². The van der Waals surface area contributed by atoms with E-state index in [2.05, 4.69) is 6.92 Å². The predicted molar refractivity (Wildman–Crippen MR) is 115 cm³/mol. The van der Waals surface area contributed by atoms with Crippen molar-refractivity contribution in [3.63, 3.8) is 0 Å². The molecular weight excluding hydrogens is 386 g/mol. The topological polar surface area (TPSA) is 65.4 Å². The molecule has 0 aliphatic rings. The van der Waals surface area contributed by atoms with Crippen molar-refractivity contribution in [2.45, 2.75) is 50.8 Å². The first kappa shape index (κ1) is 21.1. The molecule has 1 heterocycles. The number of aromatic nitrogens is 1. The third-order valence-electron chi connectivity index (χ3n) is 4.97. The van der Waals surface area contributed by atoms with Crippen molar-refractivity contribution < 1.29 is 17.9 Å². The second kappa shape index (κ2) is 9.27. The van der Waals surface area contributed by atoms with Crippen LogP contribution in [0.25, 0.3) is 10.9 Å². The Kier molecular flexibility index (Phi) is 6.75. The normalized spacial score (nSPS) is 11.7. The molecule has 0 aliphatic carbocycles. The Labute approximate surface area is 172 Å². The standard InChI is InChI=1S/C23H27NO4S/c1-3-5-7-18-9-12-21(13-10-18)29(26,27)24-17-19(8-6-15-25)22-16-20(28-4-2)11-14-23(22)24/h9-17H,3-8H2,1-2H3. The number of unbranched alkanes of at least 4 members (excludes halogenated alkanes) is 1. The highest BCUT2D eigenvalue weighted by atomic mass is 32.2. The average Bonchev–Trinajstić information content (AvgIpc) is 3.10. The number of benzene rings is 2. The molecular formula is C23H27NO4S. The van der Waals surface area contributed by atoms with E-state index >= 15 is 0 Å². The second-order valence-corrected chi connectivity index (χ2v) is 8.83. The fourth-order valence-electron chi connectivity index (χ4n) is 3.44. The summed E-state index contributed by atoms with van der Waals surface area (Å²) >= 11 is 0. The van der Waals surface area contributed by atoms with Crippen LogP contribution in [0.1, 0.15) is 44.2 Å². The highest BCUT2D eigenvalue weighted by Gasteiger charge is 2.21. The van der Waals surface area contributed by atoms with Gasteiger partial charge in [0.2, 0.25) is 0 Å². The number of ether oxygens (including phenoxy) is 1. The van der Waals surface area contributed by atoms with Crippen molar-refractivity contribution in [1.29, 1.82) is 0 Å². The van der Waals surface area contributed by atoms with Gasteiger partial charge < -0.3 is 9.53 Å². The van der Waals surface area contributed by atoms with Gasteiger partial charge in [-0.2, -0.15) is 0 Å². The number of fused-ring (bicyclic) bond motifs is 1. The second-order valence-electron chi connectivity index (χ2n) is 7.02. The molecule has 0 spiro atoms. The Morgan fingerprint density at radius 3 is 2.45 bits per heavy atom. The molecule has 0 aliphatic heterocycles. The smallest absolute Gasteiger partial charge is 0.268 e. The van der Waals surface area contributed by atoms with E-state index < -0.39 is 10.0 Å². The van der Waals surface area contributed by atoms with Gasteiger partial charge in [0.1, 0.15) is 12.0 Å². The summed E-state index contributed by atoms with van der Waals surface area (Å²) in [5.74, 6) is 0.683. The molecule has 154 valence electrons. The number of carbonyl (C=O) groups excluding carboxylic acids is 1. The van der Waals surface area contributed by atoms with E-state index in [0.717, 1.165) is 42.1 Å². The van der Waals surface area contributed by atoms with Crippen LogP contribution in [0.5, 0.6) is 5.75 Å². The lowest BCUT2D eigenvalue weighted by atomic mass is 10.1. The van der Waals surface area contributed by atoms with Gasteiger partial charge in [0.05, 0.1) is 17.0 Å². The Bertz CT molecular complexity index is 1080. The number of nitrogens with zero attached hydrogens (tertiary/aromatic N) is 1. The van der Waals surface area contributed by atoms with Gasteiger partial charge in [-0.3, -0.25) is 0 Å². The van der Waals surface area contributed by atoms with Crippen molar-refractivity contribution in [3.05, 3.63) is 59.8 Å². The molecule has 3 rings (SSSR count). The summed E-state index contributed by atoms with van der Waals surface area (Å²) in [6, 6.07) is 12.5. The zero-order chi connectivity index (χ0) is 20.9. The van der Waals surface area contributed by atoms with Gasteiger partial charge in [-0.05, 0) is 67.6 Å². The summed E-state index contributed by atoms with van der Waals surface area (Å²) < 4.78 is 33.6. The fourth-order valence-corrected chi connectivity index (χ4v) is 4.83. The molecule has 0 saturated heterocycles. The van der Waals surface area contributed by atoms with E-state index in [9.17, 15) is 13.2 Å². The Hall–Kier alpha value is -2.60. The molecule has 0 unspecified atom stereocenters. The number of hydrogen-bond donors (Lipinski definition) is 0. The Morgan fingerprint density at radius 1 is 1.03 bits per heavy atom. The summed E-state index contributed by atoms with van der Waals surface area (Å²) in [6.45, 7) is 4.56. The molecule has 0 saturated carbocycles. The van der Waals surface area contributed by atoms with E-state index in [1.807, 2.05) is 25.1 Å². The van der Waals surface area contributed by atoms with Crippen LogP contribution in [0.15, 0.2) is 53.6 Å². The van der Waals surface area contributed by atoms with E-state index in [4.69, 9.17) is 4.74 Å². The highest BCUT2D eigenvalue weighted by Crippen LogP contribution is 2.30. The summed E-state index contributed by atoms with van der Waals surface area (Å²) in [7, 11) is -3.74. The maximum absolute atomic E-state index is 13.3. The van der Waals surface area contributed by atoms with Gasteiger partial charge in [-0.1, -0.05) is 25.5 Å². The first-order valence-electron chi connectivity index (χ1n) is 10.1. The lowest BCUT2D eigenvalue weighted by molar-refractivity contribution is -0.107. The number of hydrogen-bond acceptors (Lipinski definition) is 4. The van der Waals surface area contributed by atoms with Gasteiger partial charge in [0, 0.05) is 18.0 Å². The minimum atomic E-state index is -3.74. The SMILES string of the molecule is CCCCc1ccc(S(=O)(=O)n2cc(CCC=O)c3cc(OCC)ccc32)cc1. The quantitative estimate of drug-likeness (QED) is 0.450. The van der Waals surface area contributed by atoms with Crippen molar-refractivity contribution in [3.8, 4) is 5.75 Å². The van der Waals surface area contributed by atoms with Crippen molar-refractivity contribution >= 4 is 27.2 Å². The van der Waals surface area contributed by atoms with Gasteiger partial charge in [-0.25, -0.2) is 12.4 Å². The van der Waals surface area contributed by atoms with Gasteiger partial charge in [-0.15, -0.1) is 0 Å². The molecule has 0 bridgehead atoms. The van der Waals surface area contributed by atoms with Crippen LogP contribution in [0.3, 0.4) is 0 Å². The fraction of sp³-hybridized carbons (Fsp3) is 0.348. The van der Waals surface area contributed by atoms with Crippen LogP contribution in [-0.2, 0) is 27.7 Å². The van der Waals surface area contributed by atoms with E-state index in [1.165, 1.54) is 3.97 Å². The Balaban J connectivity index is 2.05. The molecule has 1 aromatic heterocycles. The minimum Gasteiger partial charge on any atom is -0.494 e. The summed E-state index contributed by atoms with van der Waals surface area (Å²) in [5.41, 5.74) is 2.54. The zero-order valence-electron chi connectivity index (χ0n) is 16.9. The molecule has 0 amide bonds. The molecule has 0 atom stereocenters. The summed E-state index contributed by atoms with van der Waals surface area (Å²) in [6.07, 6.45) is 6.42. The van der Waals surface area contributed by atoms with E-state index in [-0.39, 0.29) is 4.90 Å². The van der Waals surface area contributed by atoms with Crippen molar-refractivity contribution in [2.75, 3.05) is 6.61 Å². The monoisotopic (exact) mass is 413 g/mol. The summed E-state index contributed by atoms with van der Waals surface area (Å²) in [4.78, 5) is 11.1. The summed E-state index contributed by atoms with van der Waals surface area (Å²) in [5, 5.41) is 0.793. The minimum absolute atomic E-state index is 0.255.